The molecule has 0 aromatic heterocycles. The van der Waals surface area contributed by atoms with Crippen LogP contribution in [0.1, 0.15) is 30.9 Å². The fourth-order valence-corrected chi connectivity index (χ4v) is 2.97. The highest BCUT2D eigenvalue weighted by Gasteiger charge is 2.35. The Morgan fingerprint density at radius 2 is 2.04 bits per heavy atom. The van der Waals surface area contributed by atoms with Gasteiger partial charge in [0.25, 0.3) is 0 Å². The number of carbonyl (C=O) groups is 2. The molecule has 2 aliphatic rings. The Morgan fingerprint density at radius 3 is 2.61 bits per heavy atom. The summed E-state index contributed by atoms with van der Waals surface area (Å²) in [6.07, 6.45) is 2.71. The highest BCUT2D eigenvalue weighted by atomic mass is 16.5. The second-order valence-corrected chi connectivity index (χ2v) is 6.23. The van der Waals surface area contributed by atoms with Crippen molar-refractivity contribution in [1.29, 1.82) is 0 Å². The van der Waals surface area contributed by atoms with Gasteiger partial charge < -0.3 is 20.1 Å². The highest BCUT2D eigenvalue weighted by molar-refractivity contribution is 5.93. The summed E-state index contributed by atoms with van der Waals surface area (Å²) in [6, 6.07) is 7.01. The van der Waals surface area contributed by atoms with E-state index in [-0.39, 0.29) is 37.0 Å². The van der Waals surface area contributed by atoms with E-state index in [1.807, 2.05) is 24.3 Å². The summed E-state index contributed by atoms with van der Waals surface area (Å²) in [5, 5.41) is 12.5. The Morgan fingerprint density at radius 1 is 1.35 bits per heavy atom. The first-order valence-electron chi connectivity index (χ1n) is 7.99. The molecule has 0 radical (unpaired) electrons. The van der Waals surface area contributed by atoms with Crippen molar-refractivity contribution in [3.05, 3.63) is 29.8 Å². The summed E-state index contributed by atoms with van der Waals surface area (Å²) in [6.45, 7) is -0.148. The van der Waals surface area contributed by atoms with Gasteiger partial charge in [0.15, 0.2) is 0 Å². The topological polar surface area (TPSA) is 78.9 Å². The maximum Gasteiger partial charge on any atom is 0.248 e. The van der Waals surface area contributed by atoms with Crippen LogP contribution in [0, 0.1) is 5.92 Å². The molecule has 1 aliphatic heterocycles. The van der Waals surface area contributed by atoms with Crippen molar-refractivity contribution < 1.29 is 19.4 Å². The molecule has 0 spiro atoms. The molecule has 6 heteroatoms. The van der Waals surface area contributed by atoms with Crippen LogP contribution in [0.15, 0.2) is 24.3 Å². The Hall–Kier alpha value is -1.92. The molecule has 1 saturated heterocycles. The zero-order valence-electron chi connectivity index (χ0n) is 13.2. The Bertz CT molecular complexity index is 583. The third-order valence-corrected chi connectivity index (χ3v) is 4.80. The summed E-state index contributed by atoms with van der Waals surface area (Å²) >= 11 is 0. The van der Waals surface area contributed by atoms with Gasteiger partial charge in [0.1, 0.15) is 12.7 Å². The number of nitrogens with zero attached hydrogens (tertiary/aromatic N) is 1. The molecule has 2 atom stereocenters. The summed E-state index contributed by atoms with van der Waals surface area (Å²) in [7, 11) is 1.67. The average molecular weight is 318 g/mol. The number of carbonyl (C=O) groups excluding carboxylic acids is 2. The van der Waals surface area contributed by atoms with E-state index < -0.39 is 6.04 Å². The average Bonchev–Trinajstić information content (AvgIpc) is 2.49. The van der Waals surface area contributed by atoms with Gasteiger partial charge in [-0.2, -0.15) is 0 Å². The monoisotopic (exact) mass is 318 g/mol. The Kier molecular flexibility index (Phi) is 4.63. The molecule has 1 heterocycles. The molecule has 23 heavy (non-hydrogen) atoms. The second-order valence-electron chi connectivity index (χ2n) is 6.23. The fraction of sp³-hybridized carbons (Fsp3) is 0.529. The van der Waals surface area contributed by atoms with Crippen LogP contribution in [0.5, 0.6) is 0 Å². The van der Waals surface area contributed by atoms with Gasteiger partial charge in [-0.25, -0.2) is 0 Å². The standard InChI is InChI=1S/C17H22N2O4/c1-19-14(9-20)16(23-10-15(19)21)11-5-7-13(8-6-11)18-17(22)12-3-2-4-12/h5-8,12,14,16,20H,2-4,9-10H2,1H3,(H,18,22). The number of likely N-dealkylation sites (N-methyl/N-ethyl adjacent to an activating group) is 1. The van der Waals surface area contributed by atoms with E-state index >= 15 is 0 Å². The van der Waals surface area contributed by atoms with Crippen molar-refractivity contribution >= 4 is 17.5 Å². The normalized spacial score (nSPS) is 25.1. The zero-order valence-corrected chi connectivity index (χ0v) is 13.2. The minimum atomic E-state index is -0.397. The maximum absolute atomic E-state index is 11.9. The van der Waals surface area contributed by atoms with Gasteiger partial charge in [-0.15, -0.1) is 0 Å². The van der Waals surface area contributed by atoms with E-state index in [2.05, 4.69) is 5.32 Å². The van der Waals surface area contributed by atoms with E-state index in [9.17, 15) is 14.7 Å². The zero-order chi connectivity index (χ0) is 16.4. The van der Waals surface area contributed by atoms with Crippen molar-refractivity contribution in [1.82, 2.24) is 4.90 Å². The highest BCUT2D eigenvalue weighted by Crippen LogP contribution is 2.30. The van der Waals surface area contributed by atoms with Crippen LogP contribution in [-0.4, -0.2) is 48.1 Å². The van der Waals surface area contributed by atoms with Crippen LogP contribution in [0.4, 0.5) is 5.69 Å². The second kappa shape index (κ2) is 6.68. The van der Waals surface area contributed by atoms with Gasteiger partial charge in [-0.3, -0.25) is 9.59 Å². The molecule has 1 saturated carbocycles. The lowest BCUT2D eigenvalue weighted by molar-refractivity contribution is -0.157. The molecule has 2 fully saturated rings. The quantitative estimate of drug-likeness (QED) is 0.877. The third kappa shape index (κ3) is 3.23. The largest absolute Gasteiger partial charge is 0.394 e. The van der Waals surface area contributed by atoms with E-state index in [1.54, 1.807) is 7.05 Å². The number of morpholine rings is 1. The molecule has 1 aromatic carbocycles. The molecule has 1 aromatic rings. The number of aliphatic hydroxyl groups excluding tert-OH is 1. The smallest absolute Gasteiger partial charge is 0.248 e. The van der Waals surface area contributed by atoms with Gasteiger partial charge >= 0.3 is 0 Å². The van der Waals surface area contributed by atoms with Crippen LogP contribution < -0.4 is 5.32 Å². The maximum atomic E-state index is 11.9. The molecular formula is C17H22N2O4. The van der Waals surface area contributed by atoms with E-state index in [4.69, 9.17) is 4.74 Å². The number of ether oxygens (including phenoxy) is 1. The van der Waals surface area contributed by atoms with Crippen molar-refractivity contribution in [3.8, 4) is 0 Å². The number of amides is 2. The lowest BCUT2D eigenvalue weighted by atomic mass is 9.85. The Labute approximate surface area is 135 Å². The van der Waals surface area contributed by atoms with Gasteiger partial charge in [-0.1, -0.05) is 18.6 Å². The predicted octanol–water partition coefficient (Wildman–Crippen LogP) is 1.32. The van der Waals surface area contributed by atoms with Gasteiger partial charge in [0.05, 0.1) is 12.6 Å². The molecule has 2 N–H and O–H groups in total. The molecule has 0 bridgehead atoms. The fourth-order valence-electron chi connectivity index (χ4n) is 2.97. The van der Waals surface area contributed by atoms with Crippen LogP contribution in [-0.2, 0) is 14.3 Å². The number of benzene rings is 1. The molecule has 2 unspecified atom stereocenters. The summed E-state index contributed by atoms with van der Waals surface area (Å²) in [5.74, 6) is 0.0935. The lowest BCUT2D eigenvalue weighted by Gasteiger charge is -2.38. The number of nitrogens with one attached hydrogen (secondary N) is 1. The molecule has 124 valence electrons. The number of anilines is 1. The van der Waals surface area contributed by atoms with E-state index in [1.165, 1.54) is 4.90 Å². The summed E-state index contributed by atoms with van der Waals surface area (Å²) in [5.41, 5.74) is 1.64. The minimum absolute atomic E-state index is 0.0117. The van der Waals surface area contributed by atoms with E-state index in [0.717, 1.165) is 30.5 Å². The first-order valence-corrected chi connectivity index (χ1v) is 7.99. The van der Waals surface area contributed by atoms with Crippen molar-refractivity contribution in [2.45, 2.75) is 31.4 Å². The number of aliphatic hydroxyl groups is 1. The van der Waals surface area contributed by atoms with Gasteiger partial charge in [-0.05, 0) is 30.5 Å². The lowest BCUT2D eigenvalue weighted by Crippen LogP contribution is -2.50. The number of hydrogen-bond donors (Lipinski definition) is 2. The van der Waals surface area contributed by atoms with Crippen LogP contribution in [0.2, 0.25) is 0 Å². The van der Waals surface area contributed by atoms with Crippen molar-refractivity contribution in [2.24, 2.45) is 5.92 Å². The van der Waals surface area contributed by atoms with E-state index in [0.29, 0.717) is 0 Å². The van der Waals surface area contributed by atoms with Crippen LogP contribution in [0.3, 0.4) is 0 Å². The number of hydrogen-bond acceptors (Lipinski definition) is 4. The first-order chi connectivity index (χ1) is 11.1. The first kappa shape index (κ1) is 16.0. The number of rotatable bonds is 4. The molecule has 3 rings (SSSR count). The van der Waals surface area contributed by atoms with Crippen molar-refractivity contribution in [2.75, 3.05) is 25.6 Å². The molecule has 6 nitrogen and oxygen atoms in total. The minimum Gasteiger partial charge on any atom is -0.394 e. The molecular weight excluding hydrogens is 296 g/mol. The van der Waals surface area contributed by atoms with Crippen LogP contribution in [0.25, 0.3) is 0 Å². The Balaban J connectivity index is 1.68. The summed E-state index contributed by atoms with van der Waals surface area (Å²) in [4.78, 5) is 25.1. The summed E-state index contributed by atoms with van der Waals surface area (Å²) < 4.78 is 5.60. The van der Waals surface area contributed by atoms with Gasteiger partial charge in [0.2, 0.25) is 11.8 Å². The molecule has 2 amide bonds. The SMILES string of the molecule is CN1C(=O)COC(c2ccc(NC(=O)C3CCC3)cc2)C1CO. The van der Waals surface area contributed by atoms with Gasteiger partial charge in [0, 0.05) is 18.7 Å². The third-order valence-electron chi connectivity index (χ3n) is 4.80. The van der Waals surface area contributed by atoms with Crippen molar-refractivity contribution in [3.63, 3.8) is 0 Å². The predicted molar refractivity (Wildman–Crippen MR) is 84.7 cm³/mol. The molecule has 1 aliphatic carbocycles. The van der Waals surface area contributed by atoms with Crippen LogP contribution >= 0.6 is 0 Å².